The van der Waals surface area contributed by atoms with E-state index in [1.807, 2.05) is 0 Å². The molecular weight excluding hydrogens is 166 g/mol. The second kappa shape index (κ2) is 3.73. The average molecular weight is 179 g/mol. The zero-order valence-corrected chi connectivity index (χ0v) is 7.53. The third-order valence-electron chi connectivity index (χ3n) is 2.66. The van der Waals surface area contributed by atoms with E-state index in [1.54, 1.807) is 6.26 Å². The van der Waals surface area contributed by atoms with Crippen LogP contribution in [0.4, 0.5) is 0 Å². The Balaban J connectivity index is 2.09. The summed E-state index contributed by atoms with van der Waals surface area (Å²) >= 11 is 0. The largest absolute Gasteiger partial charge is 0.442 e. The van der Waals surface area contributed by atoms with Crippen molar-refractivity contribution in [1.82, 2.24) is 4.98 Å². The van der Waals surface area contributed by atoms with Gasteiger partial charge < -0.3 is 4.42 Å². The molecule has 1 aromatic heterocycles. The monoisotopic (exact) mass is 179 g/mol. The van der Waals surface area contributed by atoms with Crippen LogP contribution in [0.5, 0.6) is 0 Å². The number of hydrogen-bond acceptors (Lipinski definition) is 3. The van der Waals surface area contributed by atoms with E-state index in [1.165, 1.54) is 32.1 Å². The van der Waals surface area contributed by atoms with Crippen molar-refractivity contribution in [3.63, 3.8) is 0 Å². The van der Waals surface area contributed by atoms with Crippen molar-refractivity contribution in [2.45, 2.75) is 38.0 Å². The second-order valence-electron chi connectivity index (χ2n) is 3.56. The average Bonchev–Trinajstić information content (AvgIpc) is 2.67. The topological polar surface area (TPSA) is 43.1 Å². The molecule has 0 spiro atoms. The van der Waals surface area contributed by atoms with Crippen molar-refractivity contribution in [2.24, 2.45) is 0 Å². The van der Waals surface area contributed by atoms with Gasteiger partial charge in [-0.3, -0.25) is 4.79 Å². The van der Waals surface area contributed by atoms with Crippen molar-refractivity contribution in [3.05, 3.63) is 17.8 Å². The highest BCUT2D eigenvalue weighted by Gasteiger charge is 2.18. The first-order valence-electron chi connectivity index (χ1n) is 4.81. The second-order valence-corrected chi connectivity index (χ2v) is 3.56. The molecule has 13 heavy (non-hydrogen) atoms. The maximum absolute atomic E-state index is 10.3. The van der Waals surface area contributed by atoms with E-state index >= 15 is 0 Å². The van der Waals surface area contributed by atoms with E-state index in [4.69, 9.17) is 4.42 Å². The van der Waals surface area contributed by atoms with Gasteiger partial charge in [-0.05, 0) is 12.8 Å². The smallest absolute Gasteiger partial charge is 0.259 e. The first-order valence-corrected chi connectivity index (χ1v) is 4.81. The van der Waals surface area contributed by atoms with E-state index in [2.05, 4.69) is 4.98 Å². The van der Waals surface area contributed by atoms with Crippen LogP contribution in [0.1, 0.15) is 54.4 Å². The summed E-state index contributed by atoms with van der Waals surface area (Å²) in [6, 6.07) is 0. The van der Waals surface area contributed by atoms with Gasteiger partial charge in [0.15, 0.2) is 0 Å². The van der Waals surface area contributed by atoms with Crippen LogP contribution in [0, 0.1) is 0 Å². The maximum atomic E-state index is 10.3. The highest BCUT2D eigenvalue weighted by atomic mass is 16.3. The molecule has 70 valence electrons. The Kier molecular flexibility index (Phi) is 2.43. The van der Waals surface area contributed by atoms with Gasteiger partial charge in [0.2, 0.25) is 6.29 Å². The maximum Gasteiger partial charge on any atom is 0.259 e. The van der Waals surface area contributed by atoms with Crippen LogP contribution < -0.4 is 0 Å². The molecular formula is C10H13NO2. The molecule has 0 N–H and O–H groups in total. The number of carbonyl (C=O) groups is 1. The predicted molar refractivity (Wildman–Crippen MR) is 47.7 cm³/mol. The van der Waals surface area contributed by atoms with Crippen molar-refractivity contribution >= 4 is 6.29 Å². The number of aromatic nitrogens is 1. The lowest BCUT2D eigenvalue weighted by Gasteiger charge is -2.18. The van der Waals surface area contributed by atoms with Crippen LogP contribution in [0.15, 0.2) is 10.7 Å². The Morgan fingerprint density at radius 3 is 2.77 bits per heavy atom. The summed E-state index contributed by atoms with van der Waals surface area (Å²) in [6.07, 6.45) is 8.53. The third-order valence-corrected chi connectivity index (χ3v) is 2.66. The van der Waals surface area contributed by atoms with E-state index in [0.29, 0.717) is 12.2 Å². The van der Waals surface area contributed by atoms with E-state index in [-0.39, 0.29) is 5.89 Å². The SMILES string of the molecule is O=Cc1nc(C2CCCCC2)co1. The summed E-state index contributed by atoms with van der Waals surface area (Å²) in [4.78, 5) is 14.5. The lowest BCUT2D eigenvalue weighted by molar-refractivity contribution is 0.109. The number of hydrogen-bond donors (Lipinski definition) is 0. The normalized spacial score (nSPS) is 18.8. The number of rotatable bonds is 2. The number of oxazole rings is 1. The first kappa shape index (κ1) is 8.48. The van der Waals surface area contributed by atoms with Gasteiger partial charge in [0.1, 0.15) is 6.26 Å². The van der Waals surface area contributed by atoms with Crippen molar-refractivity contribution in [3.8, 4) is 0 Å². The summed E-state index contributed by atoms with van der Waals surface area (Å²) in [6.45, 7) is 0. The van der Waals surface area contributed by atoms with Crippen molar-refractivity contribution < 1.29 is 9.21 Å². The van der Waals surface area contributed by atoms with Gasteiger partial charge in [0.05, 0.1) is 5.69 Å². The molecule has 0 aromatic carbocycles. The Bertz CT molecular complexity index is 287. The number of carbonyl (C=O) groups excluding carboxylic acids is 1. The first-order chi connectivity index (χ1) is 6.40. The zero-order valence-electron chi connectivity index (χ0n) is 7.53. The minimum atomic E-state index is 0.209. The van der Waals surface area contributed by atoms with Crippen LogP contribution in [0.2, 0.25) is 0 Å². The Morgan fingerprint density at radius 2 is 2.15 bits per heavy atom. The molecule has 0 unspecified atom stereocenters. The molecule has 2 rings (SSSR count). The van der Waals surface area contributed by atoms with Gasteiger partial charge in [-0.2, -0.15) is 0 Å². The van der Waals surface area contributed by atoms with Gasteiger partial charge in [0, 0.05) is 5.92 Å². The van der Waals surface area contributed by atoms with Crippen LogP contribution >= 0.6 is 0 Å². The van der Waals surface area contributed by atoms with E-state index < -0.39 is 0 Å². The molecule has 0 radical (unpaired) electrons. The van der Waals surface area contributed by atoms with Crippen LogP contribution in [-0.2, 0) is 0 Å². The standard InChI is InChI=1S/C10H13NO2/c12-6-10-11-9(7-13-10)8-4-2-1-3-5-8/h6-8H,1-5H2. The van der Waals surface area contributed by atoms with E-state index in [0.717, 1.165) is 5.69 Å². The molecule has 3 heteroatoms. The summed E-state index contributed by atoms with van der Waals surface area (Å²) in [5.74, 6) is 0.728. The Hall–Kier alpha value is -1.12. The highest BCUT2D eigenvalue weighted by Crippen LogP contribution is 2.31. The molecule has 1 saturated carbocycles. The predicted octanol–water partition coefficient (Wildman–Crippen LogP) is 2.53. The van der Waals surface area contributed by atoms with Crippen molar-refractivity contribution in [1.29, 1.82) is 0 Å². The van der Waals surface area contributed by atoms with Crippen molar-refractivity contribution in [2.75, 3.05) is 0 Å². The summed E-state index contributed by atoms with van der Waals surface area (Å²) < 4.78 is 4.99. The molecule has 1 aliphatic carbocycles. The third kappa shape index (κ3) is 1.79. The Labute approximate surface area is 77.2 Å². The van der Waals surface area contributed by atoms with Gasteiger partial charge >= 0.3 is 0 Å². The van der Waals surface area contributed by atoms with Crippen LogP contribution in [0.25, 0.3) is 0 Å². The lowest BCUT2D eigenvalue weighted by Crippen LogP contribution is -2.04. The quantitative estimate of drug-likeness (QED) is 0.655. The fourth-order valence-electron chi connectivity index (χ4n) is 1.94. The highest BCUT2D eigenvalue weighted by molar-refractivity contribution is 5.67. The zero-order chi connectivity index (χ0) is 9.10. The molecule has 0 saturated heterocycles. The molecule has 3 nitrogen and oxygen atoms in total. The van der Waals surface area contributed by atoms with Crippen LogP contribution in [-0.4, -0.2) is 11.3 Å². The van der Waals surface area contributed by atoms with Gasteiger partial charge in [-0.1, -0.05) is 19.3 Å². The summed E-state index contributed by atoms with van der Waals surface area (Å²) in [5, 5.41) is 0. The number of nitrogens with zero attached hydrogens (tertiary/aromatic N) is 1. The molecule has 1 heterocycles. The van der Waals surface area contributed by atoms with Gasteiger partial charge in [0.25, 0.3) is 5.89 Å². The number of aldehydes is 1. The molecule has 1 fully saturated rings. The molecule has 1 aromatic rings. The minimum Gasteiger partial charge on any atom is -0.442 e. The summed E-state index contributed by atoms with van der Waals surface area (Å²) in [7, 11) is 0. The van der Waals surface area contributed by atoms with E-state index in [9.17, 15) is 4.79 Å². The minimum absolute atomic E-state index is 0.209. The molecule has 0 amide bonds. The van der Waals surface area contributed by atoms with Gasteiger partial charge in [-0.15, -0.1) is 0 Å². The Morgan fingerprint density at radius 1 is 1.38 bits per heavy atom. The fraction of sp³-hybridized carbons (Fsp3) is 0.600. The summed E-state index contributed by atoms with van der Waals surface area (Å²) in [5.41, 5.74) is 0.960. The fourth-order valence-corrected chi connectivity index (χ4v) is 1.94. The molecule has 0 bridgehead atoms. The van der Waals surface area contributed by atoms with Crippen LogP contribution in [0.3, 0.4) is 0 Å². The molecule has 1 aliphatic rings. The van der Waals surface area contributed by atoms with Gasteiger partial charge in [-0.25, -0.2) is 4.98 Å². The molecule has 0 atom stereocenters. The lowest BCUT2D eigenvalue weighted by atomic mass is 9.87. The molecule has 0 aliphatic heterocycles.